The molecule has 2 aromatic rings. The van der Waals surface area contributed by atoms with E-state index in [1.54, 1.807) is 0 Å². The van der Waals surface area contributed by atoms with Gasteiger partial charge < -0.3 is 5.32 Å². The third-order valence-corrected chi connectivity index (χ3v) is 3.82. The fourth-order valence-electron chi connectivity index (χ4n) is 2.11. The molecule has 0 saturated heterocycles. The first kappa shape index (κ1) is 14.4. The third kappa shape index (κ3) is 3.73. The van der Waals surface area contributed by atoms with E-state index in [4.69, 9.17) is 23.2 Å². The number of benzene rings is 2. The average Bonchev–Trinajstić information content (AvgIpc) is 2.41. The van der Waals surface area contributed by atoms with E-state index in [-0.39, 0.29) is 6.04 Å². The Morgan fingerprint density at radius 3 is 2.37 bits per heavy atom. The van der Waals surface area contributed by atoms with Crippen molar-refractivity contribution in [3.63, 3.8) is 0 Å². The molecule has 0 fully saturated rings. The molecule has 0 aliphatic heterocycles. The summed E-state index contributed by atoms with van der Waals surface area (Å²) in [5.41, 5.74) is 3.59. The Hall–Kier alpha value is -1.02. The monoisotopic (exact) mass is 293 g/mol. The predicted octanol–water partition coefficient (Wildman–Crippen LogP) is 4.81. The zero-order chi connectivity index (χ0) is 13.8. The van der Waals surface area contributed by atoms with Gasteiger partial charge in [-0.05, 0) is 49.7 Å². The molecule has 0 saturated carbocycles. The normalized spacial score (nSPS) is 12.4. The standard InChI is InChI=1S/C16H17Cl2N/c1-11-3-5-12(6-4-11)9-16(19-2)14-10-13(17)7-8-15(14)18/h3-8,10,16,19H,9H2,1-2H3. The molecular weight excluding hydrogens is 277 g/mol. The van der Waals surface area contributed by atoms with Gasteiger partial charge in [-0.25, -0.2) is 0 Å². The van der Waals surface area contributed by atoms with E-state index in [0.717, 1.165) is 17.0 Å². The van der Waals surface area contributed by atoms with E-state index < -0.39 is 0 Å². The van der Waals surface area contributed by atoms with Crippen LogP contribution in [0.4, 0.5) is 0 Å². The Morgan fingerprint density at radius 2 is 1.74 bits per heavy atom. The van der Waals surface area contributed by atoms with Crippen LogP contribution in [0.5, 0.6) is 0 Å². The molecule has 0 heterocycles. The maximum absolute atomic E-state index is 6.26. The number of hydrogen-bond donors (Lipinski definition) is 1. The van der Waals surface area contributed by atoms with Gasteiger partial charge in [-0.3, -0.25) is 0 Å². The van der Waals surface area contributed by atoms with Crippen molar-refractivity contribution in [2.75, 3.05) is 7.05 Å². The van der Waals surface area contributed by atoms with Crippen LogP contribution in [-0.2, 0) is 6.42 Å². The fourth-order valence-corrected chi connectivity index (χ4v) is 2.54. The van der Waals surface area contributed by atoms with Crippen LogP contribution in [0.3, 0.4) is 0 Å². The van der Waals surface area contributed by atoms with Gasteiger partial charge in [-0.15, -0.1) is 0 Å². The van der Waals surface area contributed by atoms with Gasteiger partial charge in [0, 0.05) is 16.1 Å². The van der Waals surface area contributed by atoms with Crippen LogP contribution in [0.1, 0.15) is 22.7 Å². The molecule has 0 aliphatic rings. The van der Waals surface area contributed by atoms with Gasteiger partial charge in [0.2, 0.25) is 0 Å². The van der Waals surface area contributed by atoms with Crippen LogP contribution < -0.4 is 5.32 Å². The van der Waals surface area contributed by atoms with Gasteiger partial charge in [-0.1, -0.05) is 53.0 Å². The second-order valence-corrected chi connectivity index (χ2v) is 5.54. The first-order valence-electron chi connectivity index (χ1n) is 6.28. The second-order valence-electron chi connectivity index (χ2n) is 4.70. The quantitative estimate of drug-likeness (QED) is 0.853. The molecule has 0 bridgehead atoms. The van der Waals surface area contributed by atoms with Crippen molar-refractivity contribution < 1.29 is 0 Å². The van der Waals surface area contributed by atoms with E-state index in [1.165, 1.54) is 11.1 Å². The van der Waals surface area contributed by atoms with Crippen LogP contribution in [0, 0.1) is 6.92 Å². The molecule has 1 unspecified atom stereocenters. The maximum atomic E-state index is 6.26. The molecule has 0 radical (unpaired) electrons. The van der Waals surface area contributed by atoms with Crippen molar-refractivity contribution in [2.45, 2.75) is 19.4 Å². The van der Waals surface area contributed by atoms with E-state index in [2.05, 4.69) is 36.5 Å². The molecule has 1 atom stereocenters. The number of hydrogen-bond acceptors (Lipinski definition) is 1. The molecular formula is C16H17Cl2N. The summed E-state index contributed by atoms with van der Waals surface area (Å²) in [5.74, 6) is 0. The van der Waals surface area contributed by atoms with Crippen LogP contribution >= 0.6 is 23.2 Å². The minimum Gasteiger partial charge on any atom is -0.313 e. The molecule has 1 N–H and O–H groups in total. The Balaban J connectivity index is 2.24. The van der Waals surface area contributed by atoms with Crippen LogP contribution in [0.2, 0.25) is 10.0 Å². The largest absolute Gasteiger partial charge is 0.313 e. The van der Waals surface area contributed by atoms with Crippen molar-refractivity contribution >= 4 is 23.2 Å². The number of aryl methyl sites for hydroxylation is 1. The molecule has 2 aromatic carbocycles. The van der Waals surface area contributed by atoms with Gasteiger partial charge in [0.25, 0.3) is 0 Å². The summed E-state index contributed by atoms with van der Waals surface area (Å²) in [4.78, 5) is 0. The maximum Gasteiger partial charge on any atom is 0.0454 e. The van der Waals surface area contributed by atoms with Crippen LogP contribution in [-0.4, -0.2) is 7.05 Å². The highest BCUT2D eigenvalue weighted by atomic mass is 35.5. The lowest BCUT2D eigenvalue weighted by Crippen LogP contribution is -2.19. The Kier molecular flexibility index (Phi) is 4.87. The van der Waals surface area contributed by atoms with Crippen LogP contribution in [0.15, 0.2) is 42.5 Å². The van der Waals surface area contributed by atoms with E-state index in [1.807, 2.05) is 25.2 Å². The summed E-state index contributed by atoms with van der Waals surface area (Å²) in [7, 11) is 1.94. The topological polar surface area (TPSA) is 12.0 Å². The van der Waals surface area contributed by atoms with Gasteiger partial charge >= 0.3 is 0 Å². The molecule has 0 aliphatic carbocycles. The Labute approximate surface area is 124 Å². The second kappa shape index (κ2) is 6.42. The molecule has 0 spiro atoms. The molecule has 2 rings (SSSR count). The van der Waals surface area contributed by atoms with E-state index in [9.17, 15) is 0 Å². The van der Waals surface area contributed by atoms with Gasteiger partial charge in [0.05, 0.1) is 0 Å². The SMILES string of the molecule is CNC(Cc1ccc(C)cc1)c1cc(Cl)ccc1Cl. The minimum absolute atomic E-state index is 0.161. The first-order chi connectivity index (χ1) is 9.10. The highest BCUT2D eigenvalue weighted by Gasteiger charge is 2.14. The third-order valence-electron chi connectivity index (χ3n) is 3.24. The van der Waals surface area contributed by atoms with Gasteiger partial charge in [0.1, 0.15) is 0 Å². The lowest BCUT2D eigenvalue weighted by molar-refractivity contribution is 0.592. The summed E-state index contributed by atoms with van der Waals surface area (Å²) in [6.45, 7) is 2.09. The number of nitrogens with one attached hydrogen (secondary N) is 1. The molecule has 19 heavy (non-hydrogen) atoms. The molecule has 0 aromatic heterocycles. The molecule has 3 heteroatoms. The lowest BCUT2D eigenvalue weighted by Gasteiger charge is -2.18. The summed E-state index contributed by atoms with van der Waals surface area (Å²) in [6, 6.07) is 14.3. The van der Waals surface area contributed by atoms with E-state index in [0.29, 0.717) is 5.02 Å². The highest BCUT2D eigenvalue weighted by Crippen LogP contribution is 2.28. The zero-order valence-electron chi connectivity index (χ0n) is 11.1. The Bertz CT molecular complexity index is 549. The van der Waals surface area contributed by atoms with Gasteiger partial charge in [-0.2, -0.15) is 0 Å². The average molecular weight is 294 g/mol. The molecule has 100 valence electrons. The molecule has 0 amide bonds. The lowest BCUT2D eigenvalue weighted by atomic mass is 9.98. The highest BCUT2D eigenvalue weighted by molar-refractivity contribution is 6.33. The van der Waals surface area contributed by atoms with Crippen molar-refractivity contribution in [3.05, 3.63) is 69.2 Å². The van der Waals surface area contributed by atoms with Gasteiger partial charge in [0.15, 0.2) is 0 Å². The van der Waals surface area contributed by atoms with Crippen molar-refractivity contribution in [1.82, 2.24) is 5.32 Å². The smallest absolute Gasteiger partial charge is 0.0454 e. The van der Waals surface area contributed by atoms with Crippen LogP contribution in [0.25, 0.3) is 0 Å². The van der Waals surface area contributed by atoms with Crippen molar-refractivity contribution in [2.24, 2.45) is 0 Å². The summed E-state index contributed by atoms with van der Waals surface area (Å²) in [6.07, 6.45) is 0.886. The summed E-state index contributed by atoms with van der Waals surface area (Å²) < 4.78 is 0. The zero-order valence-corrected chi connectivity index (χ0v) is 12.6. The molecule has 1 nitrogen and oxygen atoms in total. The minimum atomic E-state index is 0.161. The predicted molar refractivity (Wildman–Crippen MR) is 83.1 cm³/mol. The summed E-state index contributed by atoms with van der Waals surface area (Å²) in [5, 5.41) is 4.76. The number of likely N-dealkylation sites (N-methyl/N-ethyl adjacent to an activating group) is 1. The van der Waals surface area contributed by atoms with Crippen molar-refractivity contribution in [1.29, 1.82) is 0 Å². The number of rotatable bonds is 4. The summed E-state index contributed by atoms with van der Waals surface area (Å²) >= 11 is 12.3. The first-order valence-corrected chi connectivity index (χ1v) is 7.03. The number of halogens is 2. The Morgan fingerprint density at radius 1 is 1.05 bits per heavy atom. The van der Waals surface area contributed by atoms with Crippen molar-refractivity contribution in [3.8, 4) is 0 Å². The van der Waals surface area contributed by atoms with E-state index >= 15 is 0 Å². The fraction of sp³-hybridized carbons (Fsp3) is 0.250.